The van der Waals surface area contributed by atoms with Gasteiger partial charge >= 0.3 is 0 Å². The van der Waals surface area contributed by atoms with Crippen molar-refractivity contribution in [3.05, 3.63) is 46.4 Å². The molecular weight excluding hydrogens is 250 g/mol. The number of fused-ring (bicyclic) bond motifs is 1. The topological polar surface area (TPSA) is 33.1 Å². The van der Waals surface area contributed by atoms with Gasteiger partial charge < -0.3 is 5.11 Å². The largest absolute Gasteiger partial charge is 0.392 e. The molecule has 17 heavy (non-hydrogen) atoms. The first-order chi connectivity index (χ1) is 8.34. The molecule has 0 radical (unpaired) electrons. The lowest BCUT2D eigenvalue weighted by Gasteiger charge is -2.17. The van der Waals surface area contributed by atoms with E-state index in [2.05, 4.69) is 23.2 Å². The molecule has 1 aromatic carbocycles. The number of aliphatic hydroxyl groups is 1. The number of rotatable bonds is 3. The fraction of sp³-hybridized carbons (Fsp3) is 0.308. The zero-order valence-electron chi connectivity index (χ0n) is 9.24. The van der Waals surface area contributed by atoms with E-state index in [0.29, 0.717) is 6.42 Å². The van der Waals surface area contributed by atoms with Crippen molar-refractivity contribution in [1.29, 1.82) is 0 Å². The van der Waals surface area contributed by atoms with Gasteiger partial charge in [-0.05, 0) is 11.6 Å². The second-order valence-electron chi connectivity index (χ2n) is 4.15. The smallest absolute Gasteiger partial charge is 0.0950 e. The van der Waals surface area contributed by atoms with Crippen LogP contribution in [0.2, 0.25) is 0 Å². The molecule has 1 aliphatic heterocycles. The first kappa shape index (κ1) is 11.3. The van der Waals surface area contributed by atoms with Crippen LogP contribution in [0.5, 0.6) is 0 Å². The maximum absolute atomic E-state index is 10.3. The van der Waals surface area contributed by atoms with Gasteiger partial charge in [0.2, 0.25) is 0 Å². The summed E-state index contributed by atoms with van der Waals surface area (Å²) in [5.41, 5.74) is 1.29. The van der Waals surface area contributed by atoms with Gasteiger partial charge in [-0.25, -0.2) is 4.98 Å². The fourth-order valence-electron chi connectivity index (χ4n) is 2.18. The van der Waals surface area contributed by atoms with Gasteiger partial charge in [-0.3, -0.25) is 0 Å². The number of thiazole rings is 1. The van der Waals surface area contributed by atoms with E-state index in [1.165, 1.54) is 10.5 Å². The third-order valence-corrected chi connectivity index (χ3v) is 5.08. The zero-order chi connectivity index (χ0) is 11.7. The van der Waals surface area contributed by atoms with Gasteiger partial charge in [-0.2, -0.15) is 0 Å². The minimum atomic E-state index is -0.322. The van der Waals surface area contributed by atoms with Crippen molar-refractivity contribution in [2.75, 3.05) is 5.75 Å². The normalized spacial score (nSPS) is 20.2. The van der Waals surface area contributed by atoms with Gasteiger partial charge in [0.05, 0.1) is 11.1 Å². The first-order valence-corrected chi connectivity index (χ1v) is 7.49. The van der Waals surface area contributed by atoms with Crippen molar-refractivity contribution in [2.24, 2.45) is 0 Å². The van der Waals surface area contributed by atoms with Gasteiger partial charge in [0, 0.05) is 34.6 Å². The van der Waals surface area contributed by atoms with E-state index in [1.807, 2.05) is 23.2 Å². The Balaban J connectivity index is 1.78. The highest BCUT2D eigenvalue weighted by atomic mass is 32.2. The lowest BCUT2D eigenvalue weighted by Crippen LogP contribution is -2.20. The molecule has 0 fully saturated rings. The SMILES string of the molecule is OC(Cc1nccs1)C1CSc2ccccc21. The van der Waals surface area contributed by atoms with Crippen LogP contribution in [0.4, 0.5) is 0 Å². The summed E-state index contributed by atoms with van der Waals surface area (Å²) in [6.45, 7) is 0. The van der Waals surface area contributed by atoms with Crippen LogP contribution in [-0.2, 0) is 6.42 Å². The summed E-state index contributed by atoms with van der Waals surface area (Å²) in [6.07, 6.45) is 2.14. The lowest BCUT2D eigenvalue weighted by atomic mass is 9.94. The molecule has 1 aliphatic rings. The van der Waals surface area contributed by atoms with Crippen molar-refractivity contribution in [1.82, 2.24) is 4.98 Å². The van der Waals surface area contributed by atoms with E-state index in [4.69, 9.17) is 0 Å². The highest BCUT2D eigenvalue weighted by Crippen LogP contribution is 2.41. The summed E-state index contributed by atoms with van der Waals surface area (Å²) in [4.78, 5) is 5.55. The molecule has 1 aromatic heterocycles. The second-order valence-corrected chi connectivity index (χ2v) is 6.19. The van der Waals surface area contributed by atoms with Crippen molar-refractivity contribution in [2.45, 2.75) is 23.3 Å². The Labute approximate surface area is 109 Å². The van der Waals surface area contributed by atoms with Crippen LogP contribution in [0.3, 0.4) is 0 Å². The fourth-order valence-corrected chi connectivity index (χ4v) is 4.17. The Kier molecular flexibility index (Phi) is 3.18. The highest BCUT2D eigenvalue weighted by Gasteiger charge is 2.29. The van der Waals surface area contributed by atoms with Crippen LogP contribution in [0, 0.1) is 0 Å². The summed E-state index contributed by atoms with van der Waals surface area (Å²) < 4.78 is 0. The number of nitrogens with zero attached hydrogens (tertiary/aromatic N) is 1. The average Bonchev–Trinajstić information content (AvgIpc) is 2.96. The van der Waals surface area contributed by atoms with Gasteiger partial charge in [0.15, 0.2) is 0 Å². The third kappa shape index (κ3) is 2.25. The van der Waals surface area contributed by atoms with Crippen molar-refractivity contribution >= 4 is 23.1 Å². The Morgan fingerprint density at radius 1 is 1.41 bits per heavy atom. The summed E-state index contributed by atoms with van der Waals surface area (Å²) >= 11 is 3.45. The predicted molar refractivity (Wildman–Crippen MR) is 71.7 cm³/mol. The van der Waals surface area contributed by atoms with Crippen LogP contribution >= 0.6 is 23.1 Å². The van der Waals surface area contributed by atoms with Crippen LogP contribution in [0.1, 0.15) is 16.5 Å². The van der Waals surface area contributed by atoms with Gasteiger partial charge in [0.25, 0.3) is 0 Å². The maximum atomic E-state index is 10.3. The molecule has 0 aliphatic carbocycles. The number of hydrogen-bond acceptors (Lipinski definition) is 4. The van der Waals surface area contributed by atoms with E-state index in [-0.39, 0.29) is 12.0 Å². The first-order valence-electron chi connectivity index (χ1n) is 5.63. The summed E-state index contributed by atoms with van der Waals surface area (Å²) in [5.74, 6) is 1.23. The van der Waals surface area contributed by atoms with E-state index >= 15 is 0 Å². The monoisotopic (exact) mass is 263 g/mol. The Bertz CT molecular complexity index is 498. The predicted octanol–water partition coefficient (Wildman–Crippen LogP) is 2.94. The maximum Gasteiger partial charge on any atom is 0.0950 e. The number of aliphatic hydroxyl groups excluding tert-OH is 1. The second kappa shape index (κ2) is 4.80. The van der Waals surface area contributed by atoms with Gasteiger partial charge in [-0.15, -0.1) is 23.1 Å². The molecule has 2 aromatic rings. The number of aromatic nitrogens is 1. The van der Waals surface area contributed by atoms with E-state index < -0.39 is 0 Å². The zero-order valence-corrected chi connectivity index (χ0v) is 10.9. The van der Waals surface area contributed by atoms with Crippen LogP contribution in [-0.4, -0.2) is 21.9 Å². The molecule has 0 amide bonds. The number of hydrogen-bond donors (Lipinski definition) is 1. The Morgan fingerprint density at radius 3 is 3.12 bits per heavy atom. The van der Waals surface area contributed by atoms with E-state index in [9.17, 15) is 5.11 Å². The molecule has 2 unspecified atom stereocenters. The van der Waals surface area contributed by atoms with Crippen LogP contribution < -0.4 is 0 Å². The molecule has 0 bridgehead atoms. The van der Waals surface area contributed by atoms with Crippen molar-refractivity contribution < 1.29 is 5.11 Å². The molecule has 88 valence electrons. The van der Waals surface area contributed by atoms with Crippen LogP contribution in [0.25, 0.3) is 0 Å². The van der Waals surface area contributed by atoms with E-state index in [0.717, 1.165) is 10.8 Å². The molecular formula is C13H13NOS2. The molecule has 0 saturated carbocycles. The van der Waals surface area contributed by atoms with E-state index in [1.54, 1.807) is 17.5 Å². The molecule has 0 saturated heterocycles. The standard InChI is InChI=1S/C13H13NOS2/c15-11(7-13-14-5-6-16-13)10-8-17-12-4-2-1-3-9(10)12/h1-6,10-11,15H,7-8H2. The molecule has 1 N–H and O–H groups in total. The Morgan fingerprint density at radius 2 is 2.29 bits per heavy atom. The van der Waals surface area contributed by atoms with Gasteiger partial charge in [0.1, 0.15) is 0 Å². The molecule has 4 heteroatoms. The number of benzene rings is 1. The third-order valence-electron chi connectivity index (χ3n) is 3.07. The molecule has 2 atom stereocenters. The van der Waals surface area contributed by atoms with Crippen LogP contribution in [0.15, 0.2) is 40.7 Å². The minimum Gasteiger partial charge on any atom is -0.392 e. The molecule has 0 spiro atoms. The molecule has 2 nitrogen and oxygen atoms in total. The summed E-state index contributed by atoms with van der Waals surface area (Å²) in [7, 11) is 0. The molecule has 2 heterocycles. The number of thioether (sulfide) groups is 1. The van der Waals surface area contributed by atoms with Gasteiger partial charge in [-0.1, -0.05) is 18.2 Å². The highest BCUT2D eigenvalue weighted by molar-refractivity contribution is 7.99. The Hall–Kier alpha value is -0.840. The summed E-state index contributed by atoms with van der Waals surface area (Å²) in [6, 6.07) is 8.37. The van der Waals surface area contributed by atoms with Crippen molar-refractivity contribution in [3.63, 3.8) is 0 Å². The average molecular weight is 263 g/mol. The minimum absolute atomic E-state index is 0.250. The van der Waals surface area contributed by atoms with Crippen molar-refractivity contribution in [3.8, 4) is 0 Å². The lowest BCUT2D eigenvalue weighted by molar-refractivity contribution is 0.151. The summed E-state index contributed by atoms with van der Waals surface area (Å²) in [5, 5.41) is 13.3. The molecule has 3 rings (SSSR count). The quantitative estimate of drug-likeness (QED) is 0.924.